The number of aryl methyl sites for hydroxylation is 1. The van der Waals surface area contributed by atoms with Crippen LogP contribution in [0.15, 0.2) is 59.7 Å². The maximum Gasteiger partial charge on any atom is 0.271 e. The highest BCUT2D eigenvalue weighted by atomic mass is 127. The Labute approximate surface area is 179 Å². The molecule has 1 aromatic heterocycles. The van der Waals surface area contributed by atoms with Gasteiger partial charge in [-0.15, -0.1) is 0 Å². The van der Waals surface area contributed by atoms with Gasteiger partial charge in [0.15, 0.2) is 0 Å². The summed E-state index contributed by atoms with van der Waals surface area (Å²) < 4.78 is 3.38. The summed E-state index contributed by atoms with van der Waals surface area (Å²) in [5.74, 6) is -0.230. The lowest BCUT2D eigenvalue weighted by atomic mass is 10.2. The van der Waals surface area contributed by atoms with Crippen LogP contribution in [-0.2, 0) is 0 Å². The maximum absolute atomic E-state index is 12.4. The molecule has 3 rings (SSSR count). The van der Waals surface area contributed by atoms with E-state index < -0.39 is 0 Å². The molecule has 0 fully saturated rings. The minimum atomic E-state index is -0.230. The monoisotopic (exact) mass is 486 g/mol. The molecule has 0 aliphatic carbocycles. The molecule has 0 saturated heterocycles. The van der Waals surface area contributed by atoms with Crippen LogP contribution in [0.1, 0.15) is 27.3 Å². The van der Waals surface area contributed by atoms with Crippen molar-refractivity contribution in [2.24, 2.45) is 5.10 Å². The highest BCUT2D eigenvalue weighted by molar-refractivity contribution is 14.1. The lowest BCUT2D eigenvalue weighted by molar-refractivity contribution is 0.0955. The van der Waals surface area contributed by atoms with Gasteiger partial charge in [-0.05, 0) is 85.0 Å². The minimum Gasteiger partial charge on any atom is -0.378 e. The van der Waals surface area contributed by atoms with Gasteiger partial charge < -0.3 is 9.47 Å². The molecule has 1 amide bonds. The number of hydrazone groups is 1. The van der Waals surface area contributed by atoms with Crippen LogP contribution in [0.25, 0.3) is 5.69 Å². The van der Waals surface area contributed by atoms with Crippen molar-refractivity contribution in [3.8, 4) is 5.69 Å². The van der Waals surface area contributed by atoms with Gasteiger partial charge in [-0.1, -0.05) is 6.07 Å². The van der Waals surface area contributed by atoms with Crippen molar-refractivity contribution in [2.45, 2.75) is 13.8 Å². The average Bonchev–Trinajstić information content (AvgIpc) is 2.96. The molecule has 3 aromatic rings. The van der Waals surface area contributed by atoms with E-state index in [-0.39, 0.29) is 5.91 Å². The molecule has 1 N–H and O–H groups in total. The van der Waals surface area contributed by atoms with Crippen LogP contribution in [0.3, 0.4) is 0 Å². The number of nitrogens with zero attached hydrogens (tertiary/aromatic N) is 3. The lowest BCUT2D eigenvalue weighted by Crippen LogP contribution is -2.18. The van der Waals surface area contributed by atoms with E-state index in [0.717, 1.165) is 28.3 Å². The predicted molar refractivity (Wildman–Crippen MR) is 124 cm³/mol. The molecule has 0 unspecified atom stereocenters. The van der Waals surface area contributed by atoms with E-state index in [2.05, 4.69) is 81.9 Å². The third-order valence-corrected chi connectivity index (χ3v) is 5.27. The van der Waals surface area contributed by atoms with Crippen LogP contribution in [0, 0.1) is 17.4 Å². The van der Waals surface area contributed by atoms with Crippen molar-refractivity contribution in [1.82, 2.24) is 9.99 Å². The fourth-order valence-corrected chi connectivity index (χ4v) is 3.42. The highest BCUT2D eigenvalue weighted by Crippen LogP contribution is 2.20. The Morgan fingerprint density at radius 2 is 1.82 bits per heavy atom. The van der Waals surface area contributed by atoms with Gasteiger partial charge in [0, 0.05) is 51.6 Å². The van der Waals surface area contributed by atoms with Crippen LogP contribution >= 0.6 is 22.6 Å². The Bertz CT molecular complexity index is 1020. The zero-order valence-corrected chi connectivity index (χ0v) is 18.6. The summed E-state index contributed by atoms with van der Waals surface area (Å²) in [6, 6.07) is 17.9. The molecular formula is C22H23IN4O. The summed E-state index contributed by atoms with van der Waals surface area (Å²) >= 11 is 2.30. The number of rotatable bonds is 5. The Morgan fingerprint density at radius 3 is 2.50 bits per heavy atom. The number of carbonyl (C=O) groups excluding carboxylic acids is 1. The topological polar surface area (TPSA) is 49.6 Å². The van der Waals surface area contributed by atoms with Gasteiger partial charge in [-0.3, -0.25) is 4.79 Å². The molecule has 0 aliphatic rings. The molecule has 0 bridgehead atoms. The second-order valence-electron chi connectivity index (χ2n) is 6.78. The predicted octanol–water partition coefficient (Wildman–Crippen LogP) is 4.53. The largest absolute Gasteiger partial charge is 0.378 e. The summed E-state index contributed by atoms with van der Waals surface area (Å²) in [5, 5.41) is 4.16. The van der Waals surface area contributed by atoms with Gasteiger partial charge in [0.05, 0.1) is 6.21 Å². The first-order valence-electron chi connectivity index (χ1n) is 8.92. The molecule has 1 heterocycles. The molecule has 0 spiro atoms. The fourth-order valence-electron chi connectivity index (χ4n) is 3.06. The van der Waals surface area contributed by atoms with Gasteiger partial charge in [-0.2, -0.15) is 5.10 Å². The van der Waals surface area contributed by atoms with Crippen molar-refractivity contribution >= 4 is 40.4 Å². The van der Waals surface area contributed by atoms with Crippen LogP contribution in [0.5, 0.6) is 0 Å². The van der Waals surface area contributed by atoms with Crippen molar-refractivity contribution in [2.75, 3.05) is 19.0 Å². The number of hydrogen-bond acceptors (Lipinski definition) is 3. The number of aromatic nitrogens is 1. The maximum atomic E-state index is 12.4. The van der Waals surface area contributed by atoms with E-state index in [1.807, 2.05) is 37.2 Å². The molecule has 5 nitrogen and oxygen atoms in total. The van der Waals surface area contributed by atoms with E-state index >= 15 is 0 Å². The third-order valence-electron chi connectivity index (χ3n) is 4.55. The normalized spacial score (nSPS) is 11.0. The quantitative estimate of drug-likeness (QED) is 0.328. The van der Waals surface area contributed by atoms with E-state index in [1.54, 1.807) is 12.3 Å². The highest BCUT2D eigenvalue weighted by Gasteiger charge is 2.10. The first kappa shape index (κ1) is 20.1. The van der Waals surface area contributed by atoms with Gasteiger partial charge in [0.2, 0.25) is 0 Å². The van der Waals surface area contributed by atoms with Gasteiger partial charge in [-0.25, -0.2) is 5.43 Å². The van der Waals surface area contributed by atoms with Crippen molar-refractivity contribution in [3.63, 3.8) is 0 Å². The summed E-state index contributed by atoms with van der Waals surface area (Å²) in [5.41, 5.74) is 8.44. The first-order chi connectivity index (χ1) is 13.4. The van der Waals surface area contributed by atoms with Crippen molar-refractivity contribution in [3.05, 3.63) is 80.7 Å². The average molecular weight is 486 g/mol. The number of anilines is 1. The molecule has 0 radical (unpaired) electrons. The van der Waals surface area contributed by atoms with E-state index in [1.165, 1.54) is 3.57 Å². The van der Waals surface area contributed by atoms with Crippen molar-refractivity contribution < 1.29 is 4.79 Å². The lowest BCUT2D eigenvalue weighted by Gasteiger charge is -2.12. The second kappa shape index (κ2) is 8.60. The molecule has 0 aliphatic heterocycles. The number of hydrogen-bond donors (Lipinski definition) is 1. The van der Waals surface area contributed by atoms with Crippen LogP contribution in [0.2, 0.25) is 0 Å². The zero-order valence-electron chi connectivity index (χ0n) is 16.4. The number of carbonyl (C=O) groups is 1. The number of amides is 1. The zero-order chi connectivity index (χ0) is 20.3. The Hall–Kier alpha value is -2.61. The van der Waals surface area contributed by atoms with Gasteiger partial charge >= 0.3 is 0 Å². The second-order valence-corrected chi connectivity index (χ2v) is 8.03. The number of nitrogens with one attached hydrogen (secondary N) is 1. The molecular weight excluding hydrogens is 463 g/mol. The molecule has 0 atom stereocenters. The summed E-state index contributed by atoms with van der Waals surface area (Å²) in [6.07, 6.45) is 1.69. The SMILES string of the molecule is Cc1cc(/C=N\NC(=O)c2cccc(N(C)C)c2)c(C)n1-c1ccc(I)cc1. The molecule has 6 heteroatoms. The molecule has 28 heavy (non-hydrogen) atoms. The Morgan fingerprint density at radius 1 is 1.11 bits per heavy atom. The molecule has 144 valence electrons. The van der Waals surface area contributed by atoms with Crippen LogP contribution < -0.4 is 10.3 Å². The fraction of sp³-hybridized carbons (Fsp3) is 0.182. The number of halogens is 1. The van der Waals surface area contributed by atoms with E-state index in [4.69, 9.17) is 0 Å². The summed E-state index contributed by atoms with van der Waals surface area (Å²) in [7, 11) is 3.89. The van der Waals surface area contributed by atoms with E-state index in [0.29, 0.717) is 5.56 Å². The summed E-state index contributed by atoms with van der Waals surface area (Å²) in [6.45, 7) is 4.11. The standard InChI is InChI=1S/C22H23IN4O/c1-15-12-18(16(2)27(15)20-10-8-19(23)9-11-20)14-24-25-22(28)17-6-5-7-21(13-17)26(3)4/h5-14H,1-4H3,(H,25,28)/b24-14-. The van der Waals surface area contributed by atoms with E-state index in [9.17, 15) is 4.79 Å². The van der Waals surface area contributed by atoms with Crippen LogP contribution in [0.4, 0.5) is 5.69 Å². The van der Waals surface area contributed by atoms with Gasteiger partial charge in [0.25, 0.3) is 5.91 Å². The summed E-state index contributed by atoms with van der Waals surface area (Å²) in [4.78, 5) is 14.3. The van der Waals surface area contributed by atoms with Crippen molar-refractivity contribution in [1.29, 1.82) is 0 Å². The van der Waals surface area contributed by atoms with Gasteiger partial charge in [0.1, 0.15) is 0 Å². The number of benzene rings is 2. The third kappa shape index (κ3) is 4.44. The Kier molecular flexibility index (Phi) is 6.18. The smallest absolute Gasteiger partial charge is 0.271 e. The first-order valence-corrected chi connectivity index (χ1v) is 10.0. The Balaban J connectivity index is 1.76. The molecule has 2 aromatic carbocycles. The molecule has 0 saturated carbocycles. The van der Waals surface area contributed by atoms with Crippen LogP contribution in [-0.4, -0.2) is 30.8 Å². The minimum absolute atomic E-state index is 0.230.